The molecule has 0 aliphatic carbocycles. The molecule has 25 heavy (non-hydrogen) atoms. The molecule has 0 amide bonds. The van der Waals surface area contributed by atoms with E-state index in [1.807, 2.05) is 36.6 Å². The van der Waals surface area contributed by atoms with Gasteiger partial charge in [-0.15, -0.1) is 0 Å². The summed E-state index contributed by atoms with van der Waals surface area (Å²) in [6, 6.07) is 8.08. The van der Waals surface area contributed by atoms with Crippen LogP contribution in [0.3, 0.4) is 0 Å². The van der Waals surface area contributed by atoms with Crippen molar-refractivity contribution in [3.8, 4) is 5.13 Å². The summed E-state index contributed by atoms with van der Waals surface area (Å²) in [7, 11) is 0. The molecule has 0 fully saturated rings. The molecule has 4 aromatic rings. The number of nitrogens with zero attached hydrogens (tertiary/aromatic N) is 4. The molecule has 0 spiro atoms. The van der Waals surface area contributed by atoms with Crippen molar-refractivity contribution in [3.63, 3.8) is 0 Å². The third-order valence-corrected chi connectivity index (χ3v) is 5.58. The van der Waals surface area contributed by atoms with Crippen LogP contribution in [-0.4, -0.2) is 30.8 Å². The fraction of sp³-hybridized carbons (Fsp3) is 0.278. The van der Waals surface area contributed by atoms with Crippen molar-refractivity contribution >= 4 is 32.6 Å². The van der Waals surface area contributed by atoms with Crippen LogP contribution in [0, 0.1) is 19.3 Å². The minimum atomic E-state index is 0.106. The summed E-state index contributed by atoms with van der Waals surface area (Å²) in [5, 5.41) is 19.3. The van der Waals surface area contributed by atoms with Crippen LogP contribution in [0.25, 0.3) is 26.4 Å². The molecule has 0 unspecified atom stereocenters. The number of nitrogens with one attached hydrogen (secondary N) is 1. The van der Waals surface area contributed by atoms with Crippen LogP contribution in [-0.2, 0) is 6.54 Å². The maximum absolute atomic E-state index is 9.05. The summed E-state index contributed by atoms with van der Waals surface area (Å²) < 4.78 is 4.97. The molecule has 6 nitrogen and oxygen atoms in total. The van der Waals surface area contributed by atoms with Gasteiger partial charge in [-0.3, -0.25) is 9.98 Å². The van der Waals surface area contributed by atoms with E-state index < -0.39 is 0 Å². The molecule has 0 bridgehead atoms. The monoisotopic (exact) mass is 353 g/mol. The Morgan fingerprint density at radius 2 is 2.04 bits per heavy atom. The zero-order valence-corrected chi connectivity index (χ0v) is 15.0. The Balaban J connectivity index is 1.97. The molecule has 0 saturated carbocycles. The zero-order chi connectivity index (χ0) is 17.6. The first-order valence-corrected chi connectivity index (χ1v) is 9.02. The highest BCUT2D eigenvalue weighted by atomic mass is 32.1. The van der Waals surface area contributed by atoms with Gasteiger partial charge in [-0.05, 0) is 38.0 Å². The quantitative estimate of drug-likeness (QED) is 0.592. The Bertz CT molecular complexity index is 1100. The van der Waals surface area contributed by atoms with Gasteiger partial charge >= 0.3 is 0 Å². The van der Waals surface area contributed by atoms with Crippen LogP contribution in [0.2, 0.25) is 0 Å². The third kappa shape index (κ3) is 2.47. The SMILES string of the molecule is Cc1c(C)n(-c2nc3ccccc3s2)c2ncn(CCCO)c(=N)c12. The van der Waals surface area contributed by atoms with Gasteiger partial charge in [0.1, 0.15) is 5.49 Å². The van der Waals surface area contributed by atoms with Gasteiger partial charge in [0.25, 0.3) is 0 Å². The minimum absolute atomic E-state index is 0.106. The largest absolute Gasteiger partial charge is 0.396 e. The highest BCUT2D eigenvalue weighted by Crippen LogP contribution is 2.30. The van der Waals surface area contributed by atoms with Crippen LogP contribution in [0.4, 0.5) is 0 Å². The van der Waals surface area contributed by atoms with Crippen LogP contribution >= 0.6 is 11.3 Å². The van der Waals surface area contributed by atoms with Gasteiger partial charge in [-0.2, -0.15) is 0 Å². The molecule has 1 aromatic carbocycles. The van der Waals surface area contributed by atoms with E-state index in [4.69, 9.17) is 15.5 Å². The van der Waals surface area contributed by atoms with Gasteiger partial charge < -0.3 is 9.67 Å². The first-order valence-electron chi connectivity index (χ1n) is 8.20. The molecule has 0 radical (unpaired) electrons. The molecule has 0 aliphatic heterocycles. The number of hydrogen-bond acceptors (Lipinski definition) is 5. The maximum atomic E-state index is 9.05. The molecule has 2 N–H and O–H groups in total. The van der Waals surface area contributed by atoms with Gasteiger partial charge in [-0.25, -0.2) is 9.97 Å². The predicted octanol–water partition coefficient (Wildman–Crippen LogP) is 2.92. The van der Waals surface area contributed by atoms with Crippen LogP contribution in [0.15, 0.2) is 30.6 Å². The van der Waals surface area contributed by atoms with Crippen molar-refractivity contribution in [1.82, 2.24) is 19.1 Å². The fourth-order valence-electron chi connectivity index (χ4n) is 3.12. The predicted molar refractivity (Wildman–Crippen MR) is 99.3 cm³/mol. The number of aromatic nitrogens is 4. The third-order valence-electron chi connectivity index (χ3n) is 4.56. The normalized spacial score (nSPS) is 11.6. The Labute approximate surface area is 148 Å². The average molecular weight is 353 g/mol. The second kappa shape index (κ2) is 6.09. The molecule has 4 rings (SSSR count). The van der Waals surface area contributed by atoms with Crippen molar-refractivity contribution in [2.45, 2.75) is 26.8 Å². The summed E-state index contributed by atoms with van der Waals surface area (Å²) in [4.78, 5) is 9.36. The van der Waals surface area contributed by atoms with E-state index in [9.17, 15) is 0 Å². The van der Waals surface area contributed by atoms with Crippen LogP contribution < -0.4 is 5.49 Å². The molecule has 3 heterocycles. The van der Waals surface area contributed by atoms with Gasteiger partial charge in [0.05, 0.1) is 21.9 Å². The van der Waals surface area contributed by atoms with Crippen molar-refractivity contribution in [2.24, 2.45) is 0 Å². The number of aliphatic hydroxyl groups is 1. The number of hydrogen-bond donors (Lipinski definition) is 2. The van der Waals surface area contributed by atoms with Crippen molar-refractivity contribution in [2.75, 3.05) is 6.61 Å². The average Bonchev–Trinajstić information content (AvgIpc) is 3.14. The summed E-state index contributed by atoms with van der Waals surface area (Å²) in [5.74, 6) is 0. The number of fused-ring (bicyclic) bond motifs is 2. The molecule has 3 aromatic heterocycles. The van der Waals surface area contributed by atoms with E-state index in [-0.39, 0.29) is 6.61 Å². The zero-order valence-electron chi connectivity index (χ0n) is 14.2. The minimum Gasteiger partial charge on any atom is -0.396 e. The summed E-state index contributed by atoms with van der Waals surface area (Å²) in [6.45, 7) is 4.76. The lowest BCUT2D eigenvalue weighted by Crippen LogP contribution is -2.21. The van der Waals surface area contributed by atoms with E-state index in [2.05, 4.69) is 11.1 Å². The van der Waals surface area contributed by atoms with Gasteiger partial charge in [0.2, 0.25) is 0 Å². The van der Waals surface area contributed by atoms with E-state index in [1.54, 1.807) is 22.2 Å². The van der Waals surface area contributed by atoms with E-state index in [0.717, 1.165) is 37.6 Å². The van der Waals surface area contributed by atoms with E-state index >= 15 is 0 Å². The number of rotatable bonds is 4. The number of benzene rings is 1. The molecule has 0 aliphatic rings. The van der Waals surface area contributed by atoms with Crippen LogP contribution in [0.5, 0.6) is 0 Å². The van der Waals surface area contributed by atoms with Crippen molar-refractivity contribution in [1.29, 1.82) is 5.41 Å². The van der Waals surface area contributed by atoms with Gasteiger partial charge in [-0.1, -0.05) is 23.5 Å². The first-order chi connectivity index (χ1) is 12.1. The Morgan fingerprint density at radius 1 is 1.24 bits per heavy atom. The summed E-state index contributed by atoms with van der Waals surface area (Å²) in [5.41, 5.74) is 4.26. The molecular formula is C18H19N5OS. The Kier molecular flexibility index (Phi) is 3.89. The van der Waals surface area contributed by atoms with Crippen molar-refractivity contribution < 1.29 is 5.11 Å². The van der Waals surface area contributed by atoms with Crippen molar-refractivity contribution in [3.05, 3.63) is 47.3 Å². The fourth-order valence-corrected chi connectivity index (χ4v) is 4.14. The molecule has 7 heteroatoms. The Hall–Kier alpha value is -2.51. The summed E-state index contributed by atoms with van der Waals surface area (Å²) >= 11 is 1.63. The molecule has 128 valence electrons. The molecule has 0 saturated heterocycles. The highest BCUT2D eigenvalue weighted by molar-refractivity contribution is 7.20. The van der Waals surface area contributed by atoms with Crippen LogP contribution in [0.1, 0.15) is 17.7 Å². The lowest BCUT2D eigenvalue weighted by atomic mass is 10.2. The number of para-hydroxylation sites is 1. The van der Waals surface area contributed by atoms with E-state index in [0.29, 0.717) is 18.5 Å². The Morgan fingerprint density at radius 3 is 2.80 bits per heavy atom. The lowest BCUT2D eigenvalue weighted by molar-refractivity contribution is 0.278. The maximum Gasteiger partial charge on any atom is 0.196 e. The van der Waals surface area contributed by atoms with Gasteiger partial charge in [0.15, 0.2) is 10.8 Å². The number of thiazole rings is 1. The number of aliphatic hydroxyl groups excluding tert-OH is 1. The standard InChI is InChI=1S/C18H19N5OS/c1-11-12(2)23(18-21-13-6-3-4-7-14(13)25-18)17-15(11)16(19)22(10-20-17)8-5-9-24/h3-4,6-7,10,19,24H,5,8-9H2,1-2H3. The molecular weight excluding hydrogens is 334 g/mol. The molecule has 0 atom stereocenters. The topological polar surface area (TPSA) is 79.7 Å². The lowest BCUT2D eigenvalue weighted by Gasteiger charge is -2.07. The summed E-state index contributed by atoms with van der Waals surface area (Å²) in [6.07, 6.45) is 2.30. The van der Waals surface area contributed by atoms with Gasteiger partial charge in [0, 0.05) is 18.8 Å². The number of aryl methyl sites for hydroxylation is 2. The highest BCUT2D eigenvalue weighted by Gasteiger charge is 2.18. The van der Waals surface area contributed by atoms with E-state index in [1.165, 1.54) is 0 Å². The first kappa shape index (κ1) is 16.0. The second-order valence-electron chi connectivity index (χ2n) is 6.07. The second-order valence-corrected chi connectivity index (χ2v) is 7.08. The smallest absolute Gasteiger partial charge is 0.196 e.